The second-order valence-electron chi connectivity index (χ2n) is 9.74. The maximum atomic E-state index is 12.4. The number of nitrogens with one attached hydrogen (secondary N) is 2. The maximum absolute atomic E-state index is 12.4. The van der Waals surface area contributed by atoms with Crippen LogP contribution in [0, 0.1) is 11.8 Å². The molecule has 5 rings (SSSR count). The predicted molar refractivity (Wildman–Crippen MR) is 128 cm³/mol. The summed E-state index contributed by atoms with van der Waals surface area (Å²) in [6.07, 6.45) is 1.61. The number of carboxylic acids is 1. The molecule has 0 unspecified atom stereocenters. The Morgan fingerprint density at radius 2 is 1.63 bits per heavy atom. The van der Waals surface area contributed by atoms with Gasteiger partial charge in [-0.2, -0.15) is 0 Å². The lowest BCUT2D eigenvalue weighted by Crippen LogP contribution is -2.46. The Kier molecular flexibility index (Phi) is 6.72. The lowest BCUT2D eigenvalue weighted by Gasteiger charge is -2.35. The van der Waals surface area contributed by atoms with Crippen molar-refractivity contribution in [1.82, 2.24) is 10.6 Å². The summed E-state index contributed by atoms with van der Waals surface area (Å²) in [4.78, 5) is 35.6. The first-order valence-corrected chi connectivity index (χ1v) is 12.2. The summed E-state index contributed by atoms with van der Waals surface area (Å²) in [6.45, 7) is 0.808. The van der Waals surface area contributed by atoms with Crippen LogP contribution in [0.5, 0.6) is 0 Å². The van der Waals surface area contributed by atoms with Gasteiger partial charge in [0.2, 0.25) is 5.91 Å². The highest BCUT2D eigenvalue weighted by molar-refractivity contribution is 5.79. The number of carbonyl (C=O) groups is 3. The molecule has 3 N–H and O–H groups in total. The molecule has 2 fully saturated rings. The molecule has 2 atom stereocenters. The standard InChI is InChI=1S/C27H30N2O6/c30-25(28-13-19-12-17(14-34-19)26(31)32)11-16-9-18(10-16)29-27(33)35-15-24-22-7-3-1-5-20(22)21-6-2-4-8-23(21)24/h1-8,16-19,24H,9-15H2,(H,28,30)(H,29,33)(H,31,32)/t16?,17-,18?,19-/m0/s1. The Morgan fingerprint density at radius 1 is 0.971 bits per heavy atom. The quantitative estimate of drug-likeness (QED) is 0.537. The fourth-order valence-corrected chi connectivity index (χ4v) is 5.41. The van der Waals surface area contributed by atoms with Crippen LogP contribution >= 0.6 is 0 Å². The van der Waals surface area contributed by atoms with Gasteiger partial charge >= 0.3 is 12.1 Å². The zero-order valence-electron chi connectivity index (χ0n) is 19.4. The number of carboxylic acid groups (broad SMARTS) is 1. The molecule has 1 saturated heterocycles. The van der Waals surface area contributed by atoms with Crippen LogP contribution in [-0.4, -0.2) is 55.0 Å². The first-order valence-electron chi connectivity index (χ1n) is 12.2. The number of benzene rings is 2. The second-order valence-corrected chi connectivity index (χ2v) is 9.74. The van der Waals surface area contributed by atoms with E-state index >= 15 is 0 Å². The Hall–Kier alpha value is -3.39. The van der Waals surface area contributed by atoms with Gasteiger partial charge in [-0.1, -0.05) is 48.5 Å². The number of aliphatic carboxylic acids is 1. The highest BCUT2D eigenvalue weighted by Gasteiger charge is 2.34. The molecular formula is C27H30N2O6. The number of rotatable bonds is 8. The molecule has 1 saturated carbocycles. The Balaban J connectivity index is 1.01. The van der Waals surface area contributed by atoms with Gasteiger partial charge in [-0.25, -0.2) is 4.79 Å². The largest absolute Gasteiger partial charge is 0.481 e. The van der Waals surface area contributed by atoms with Gasteiger partial charge < -0.3 is 25.2 Å². The minimum absolute atomic E-state index is 0.0120. The van der Waals surface area contributed by atoms with E-state index in [2.05, 4.69) is 34.9 Å². The fourth-order valence-electron chi connectivity index (χ4n) is 5.41. The van der Waals surface area contributed by atoms with Crippen molar-refractivity contribution in [1.29, 1.82) is 0 Å². The fraction of sp³-hybridized carbons (Fsp3) is 0.444. The third-order valence-electron chi connectivity index (χ3n) is 7.33. The van der Waals surface area contributed by atoms with Gasteiger partial charge in [-0.05, 0) is 47.4 Å². The van der Waals surface area contributed by atoms with Gasteiger partial charge in [0.1, 0.15) is 6.61 Å². The highest BCUT2D eigenvalue weighted by atomic mass is 16.5. The molecule has 3 aliphatic rings. The van der Waals surface area contributed by atoms with Crippen molar-refractivity contribution in [2.75, 3.05) is 19.8 Å². The van der Waals surface area contributed by atoms with E-state index in [1.54, 1.807) is 0 Å². The smallest absolute Gasteiger partial charge is 0.407 e. The number of fused-ring (bicyclic) bond motifs is 3. The summed E-state index contributed by atoms with van der Waals surface area (Å²) < 4.78 is 11.0. The van der Waals surface area contributed by atoms with Crippen LogP contribution in [0.3, 0.4) is 0 Å². The van der Waals surface area contributed by atoms with Gasteiger partial charge in [0.15, 0.2) is 0 Å². The molecule has 2 aromatic rings. The molecule has 0 bridgehead atoms. The van der Waals surface area contributed by atoms with Crippen molar-refractivity contribution in [3.63, 3.8) is 0 Å². The van der Waals surface area contributed by atoms with Crippen molar-refractivity contribution in [2.45, 2.75) is 43.7 Å². The summed E-state index contributed by atoms with van der Waals surface area (Å²) >= 11 is 0. The third kappa shape index (κ3) is 5.17. The molecule has 0 spiro atoms. The van der Waals surface area contributed by atoms with Gasteiger partial charge in [0, 0.05) is 24.9 Å². The number of alkyl carbamates (subject to hydrolysis) is 1. The Labute approximate surface area is 204 Å². The maximum Gasteiger partial charge on any atom is 0.407 e. The van der Waals surface area contributed by atoms with Crippen LogP contribution < -0.4 is 10.6 Å². The van der Waals surface area contributed by atoms with E-state index < -0.39 is 18.0 Å². The molecule has 8 heteroatoms. The molecule has 8 nitrogen and oxygen atoms in total. The summed E-state index contributed by atoms with van der Waals surface area (Å²) in [7, 11) is 0. The van der Waals surface area contributed by atoms with Crippen molar-refractivity contribution < 1.29 is 29.0 Å². The predicted octanol–water partition coefficient (Wildman–Crippen LogP) is 3.30. The highest BCUT2D eigenvalue weighted by Crippen LogP contribution is 2.44. The van der Waals surface area contributed by atoms with Gasteiger partial charge in [0.05, 0.1) is 18.6 Å². The van der Waals surface area contributed by atoms with Crippen LogP contribution in [0.1, 0.15) is 42.7 Å². The van der Waals surface area contributed by atoms with Crippen LogP contribution in [0.4, 0.5) is 4.79 Å². The molecule has 0 aromatic heterocycles. The lowest BCUT2D eigenvalue weighted by molar-refractivity contribution is -0.141. The Morgan fingerprint density at radius 3 is 2.26 bits per heavy atom. The molecule has 1 heterocycles. The van der Waals surface area contributed by atoms with Gasteiger partial charge in [-0.3, -0.25) is 9.59 Å². The van der Waals surface area contributed by atoms with E-state index in [0.29, 0.717) is 19.4 Å². The number of carbonyl (C=O) groups excluding carboxylic acids is 2. The molecule has 2 aliphatic carbocycles. The molecule has 35 heavy (non-hydrogen) atoms. The Bertz CT molecular complexity index is 1070. The van der Waals surface area contributed by atoms with Crippen molar-refractivity contribution in [3.05, 3.63) is 59.7 Å². The lowest BCUT2D eigenvalue weighted by atomic mass is 9.78. The summed E-state index contributed by atoms with van der Waals surface area (Å²) in [6, 6.07) is 16.5. The normalized spacial score (nSPS) is 24.7. The monoisotopic (exact) mass is 478 g/mol. The average Bonchev–Trinajstić information content (AvgIpc) is 3.43. The van der Waals surface area contributed by atoms with Crippen LogP contribution in [0.15, 0.2) is 48.5 Å². The van der Waals surface area contributed by atoms with Crippen molar-refractivity contribution in [3.8, 4) is 11.1 Å². The van der Waals surface area contributed by atoms with Crippen LogP contribution in [0.25, 0.3) is 11.1 Å². The zero-order chi connectivity index (χ0) is 24.4. The van der Waals surface area contributed by atoms with E-state index in [0.717, 1.165) is 12.8 Å². The van der Waals surface area contributed by atoms with E-state index in [9.17, 15) is 14.4 Å². The van der Waals surface area contributed by atoms with E-state index in [-0.39, 0.29) is 43.1 Å². The SMILES string of the molecule is O=C(CC1CC(NC(=O)OCC2c3ccccc3-c3ccccc32)C1)NC[C@@H]1C[C@H](C(=O)O)CO1. The molecule has 0 radical (unpaired) electrons. The van der Waals surface area contributed by atoms with Gasteiger partial charge in [0.25, 0.3) is 0 Å². The first-order chi connectivity index (χ1) is 17.0. The molecule has 2 aromatic carbocycles. The van der Waals surface area contributed by atoms with Crippen molar-refractivity contribution in [2.24, 2.45) is 11.8 Å². The van der Waals surface area contributed by atoms with E-state index in [1.807, 2.05) is 24.3 Å². The number of ether oxygens (including phenoxy) is 2. The van der Waals surface area contributed by atoms with Crippen molar-refractivity contribution >= 4 is 18.0 Å². The van der Waals surface area contributed by atoms with Crippen LogP contribution in [-0.2, 0) is 19.1 Å². The van der Waals surface area contributed by atoms with E-state index in [1.165, 1.54) is 22.3 Å². The molecular weight excluding hydrogens is 448 g/mol. The molecule has 1 aliphatic heterocycles. The second kappa shape index (κ2) is 10.1. The average molecular weight is 479 g/mol. The number of amides is 2. The summed E-state index contributed by atoms with van der Waals surface area (Å²) in [5.74, 6) is -1.18. The minimum Gasteiger partial charge on any atom is -0.481 e. The zero-order valence-corrected chi connectivity index (χ0v) is 19.4. The van der Waals surface area contributed by atoms with Gasteiger partial charge in [-0.15, -0.1) is 0 Å². The van der Waals surface area contributed by atoms with Crippen LogP contribution in [0.2, 0.25) is 0 Å². The minimum atomic E-state index is -0.858. The summed E-state index contributed by atoms with van der Waals surface area (Å²) in [5.41, 5.74) is 4.74. The molecule has 184 valence electrons. The topological polar surface area (TPSA) is 114 Å². The molecule has 2 amide bonds. The van der Waals surface area contributed by atoms with E-state index in [4.69, 9.17) is 14.6 Å². The summed E-state index contributed by atoms with van der Waals surface area (Å²) in [5, 5.41) is 14.8. The number of hydrogen-bond donors (Lipinski definition) is 3. The number of hydrogen-bond acceptors (Lipinski definition) is 5. The third-order valence-corrected chi connectivity index (χ3v) is 7.33. The first kappa shape index (κ1) is 23.4.